The number of hydrogen-bond donors (Lipinski definition) is 0. The number of ether oxygens (including phenoxy) is 2. The lowest BCUT2D eigenvalue weighted by molar-refractivity contribution is -0.134. The third-order valence-electron chi connectivity index (χ3n) is 4.73. The SMILES string of the molecule is COc1cccc(C[C@@H](C(=O)N(C)Cc2cccc(OC)c2)n2nnnc2C)c1. The lowest BCUT2D eigenvalue weighted by Gasteiger charge is -2.24. The summed E-state index contributed by atoms with van der Waals surface area (Å²) in [5.41, 5.74) is 1.95. The highest BCUT2D eigenvalue weighted by Crippen LogP contribution is 2.22. The molecule has 0 fully saturated rings. The van der Waals surface area contributed by atoms with Gasteiger partial charge < -0.3 is 14.4 Å². The second-order valence-corrected chi connectivity index (χ2v) is 6.79. The van der Waals surface area contributed by atoms with E-state index in [9.17, 15) is 4.79 Å². The number of tetrazole rings is 1. The predicted molar refractivity (Wildman–Crippen MR) is 108 cm³/mol. The predicted octanol–water partition coefficient (Wildman–Crippen LogP) is 2.44. The van der Waals surface area contributed by atoms with E-state index in [1.807, 2.05) is 48.5 Å². The van der Waals surface area contributed by atoms with E-state index in [1.165, 1.54) is 0 Å². The summed E-state index contributed by atoms with van der Waals surface area (Å²) in [6.07, 6.45) is 0.449. The highest BCUT2D eigenvalue weighted by Gasteiger charge is 2.27. The molecule has 1 aromatic heterocycles. The highest BCUT2D eigenvalue weighted by molar-refractivity contribution is 5.80. The molecule has 0 saturated heterocycles. The Morgan fingerprint density at radius 2 is 1.69 bits per heavy atom. The van der Waals surface area contributed by atoms with Crippen LogP contribution in [0, 0.1) is 6.92 Å². The van der Waals surface area contributed by atoms with Crippen molar-refractivity contribution < 1.29 is 14.3 Å². The molecule has 0 N–H and O–H groups in total. The number of likely N-dealkylation sites (N-methyl/N-ethyl adjacent to an activating group) is 1. The van der Waals surface area contributed by atoms with Crippen LogP contribution in [0.1, 0.15) is 23.0 Å². The molecule has 29 heavy (non-hydrogen) atoms. The monoisotopic (exact) mass is 395 g/mol. The number of benzene rings is 2. The van der Waals surface area contributed by atoms with E-state index in [2.05, 4.69) is 15.5 Å². The molecule has 0 radical (unpaired) electrons. The summed E-state index contributed by atoms with van der Waals surface area (Å²) in [6.45, 7) is 2.24. The zero-order valence-corrected chi connectivity index (χ0v) is 17.1. The number of aromatic nitrogens is 4. The Hall–Kier alpha value is -3.42. The van der Waals surface area contributed by atoms with Crippen molar-refractivity contribution in [3.8, 4) is 11.5 Å². The number of aryl methyl sites for hydroxylation is 1. The number of rotatable bonds is 8. The van der Waals surface area contributed by atoms with Crippen molar-refractivity contribution in [3.05, 3.63) is 65.5 Å². The van der Waals surface area contributed by atoms with E-state index in [1.54, 1.807) is 37.8 Å². The van der Waals surface area contributed by atoms with Crippen molar-refractivity contribution in [2.75, 3.05) is 21.3 Å². The maximum Gasteiger partial charge on any atom is 0.247 e. The average Bonchev–Trinajstić information content (AvgIpc) is 3.17. The van der Waals surface area contributed by atoms with Crippen LogP contribution in [0.4, 0.5) is 0 Å². The maximum atomic E-state index is 13.4. The van der Waals surface area contributed by atoms with Crippen molar-refractivity contribution in [1.82, 2.24) is 25.1 Å². The molecule has 1 amide bonds. The summed E-state index contributed by atoms with van der Waals surface area (Å²) >= 11 is 0. The molecule has 0 spiro atoms. The molecule has 8 nitrogen and oxygen atoms in total. The number of nitrogens with zero attached hydrogens (tertiary/aromatic N) is 5. The van der Waals surface area contributed by atoms with Crippen LogP contribution in [-0.4, -0.2) is 52.3 Å². The van der Waals surface area contributed by atoms with Gasteiger partial charge in [0.1, 0.15) is 23.4 Å². The first kappa shape index (κ1) is 20.3. The summed E-state index contributed by atoms with van der Waals surface area (Å²) in [4.78, 5) is 15.0. The van der Waals surface area contributed by atoms with Crippen LogP contribution in [0.5, 0.6) is 11.5 Å². The molecule has 8 heteroatoms. The van der Waals surface area contributed by atoms with E-state index >= 15 is 0 Å². The maximum absolute atomic E-state index is 13.4. The Kier molecular flexibility index (Phi) is 6.43. The number of carbonyl (C=O) groups excluding carboxylic acids is 1. The van der Waals surface area contributed by atoms with E-state index < -0.39 is 6.04 Å². The summed E-state index contributed by atoms with van der Waals surface area (Å²) in [5, 5.41) is 11.7. The van der Waals surface area contributed by atoms with Crippen LogP contribution in [0.3, 0.4) is 0 Å². The summed E-state index contributed by atoms with van der Waals surface area (Å²) in [5.74, 6) is 2.01. The molecule has 152 valence electrons. The number of hydrogen-bond acceptors (Lipinski definition) is 6. The third-order valence-corrected chi connectivity index (χ3v) is 4.73. The largest absolute Gasteiger partial charge is 0.497 e. The fourth-order valence-corrected chi connectivity index (χ4v) is 3.20. The van der Waals surface area contributed by atoms with Gasteiger partial charge in [-0.1, -0.05) is 24.3 Å². The molecule has 1 atom stereocenters. The van der Waals surface area contributed by atoms with Crippen molar-refractivity contribution in [2.45, 2.75) is 25.9 Å². The zero-order chi connectivity index (χ0) is 20.8. The smallest absolute Gasteiger partial charge is 0.247 e. The Balaban J connectivity index is 1.84. The Morgan fingerprint density at radius 1 is 1.07 bits per heavy atom. The highest BCUT2D eigenvalue weighted by atomic mass is 16.5. The van der Waals surface area contributed by atoms with Crippen LogP contribution in [0.15, 0.2) is 48.5 Å². The fourth-order valence-electron chi connectivity index (χ4n) is 3.20. The van der Waals surface area contributed by atoms with Gasteiger partial charge in [-0.05, 0) is 52.7 Å². The second-order valence-electron chi connectivity index (χ2n) is 6.79. The molecule has 0 unspecified atom stereocenters. The Bertz CT molecular complexity index is 972. The van der Waals surface area contributed by atoms with Gasteiger partial charge in [0.2, 0.25) is 5.91 Å². The van der Waals surface area contributed by atoms with Gasteiger partial charge in [0.15, 0.2) is 0 Å². The lowest BCUT2D eigenvalue weighted by Crippen LogP contribution is -2.36. The quantitative estimate of drug-likeness (QED) is 0.583. The Morgan fingerprint density at radius 3 is 2.28 bits per heavy atom. The van der Waals surface area contributed by atoms with Gasteiger partial charge in [0.05, 0.1) is 14.2 Å². The molecule has 2 aromatic carbocycles. The van der Waals surface area contributed by atoms with Gasteiger partial charge in [-0.25, -0.2) is 4.68 Å². The molecule has 0 saturated carbocycles. The van der Waals surface area contributed by atoms with Crippen molar-refractivity contribution >= 4 is 5.91 Å². The molecule has 3 rings (SSSR count). The summed E-state index contributed by atoms with van der Waals surface area (Å²) in [6, 6.07) is 14.8. The summed E-state index contributed by atoms with van der Waals surface area (Å²) < 4.78 is 12.2. The number of amides is 1. The number of methoxy groups -OCH3 is 2. The number of carbonyl (C=O) groups is 1. The van der Waals surface area contributed by atoms with Gasteiger partial charge in [-0.2, -0.15) is 0 Å². The Labute approximate surface area is 170 Å². The van der Waals surface area contributed by atoms with Crippen molar-refractivity contribution in [3.63, 3.8) is 0 Å². The molecule has 0 aliphatic heterocycles. The van der Waals surface area contributed by atoms with E-state index in [-0.39, 0.29) is 5.91 Å². The molecular weight excluding hydrogens is 370 g/mol. The first-order valence-electron chi connectivity index (χ1n) is 9.27. The average molecular weight is 395 g/mol. The van der Waals surface area contributed by atoms with Gasteiger partial charge in [0, 0.05) is 20.0 Å². The molecule has 1 heterocycles. The van der Waals surface area contributed by atoms with Gasteiger partial charge in [0.25, 0.3) is 0 Å². The summed E-state index contributed by atoms with van der Waals surface area (Å²) in [7, 11) is 5.02. The minimum atomic E-state index is -0.562. The van der Waals surface area contributed by atoms with Gasteiger partial charge >= 0.3 is 0 Å². The first-order chi connectivity index (χ1) is 14.0. The molecular formula is C21H25N5O3. The molecule has 0 aliphatic carbocycles. The van der Waals surface area contributed by atoms with Crippen molar-refractivity contribution in [2.24, 2.45) is 0 Å². The molecule has 0 bridgehead atoms. The van der Waals surface area contributed by atoms with Crippen LogP contribution in [-0.2, 0) is 17.8 Å². The lowest BCUT2D eigenvalue weighted by atomic mass is 10.0. The minimum absolute atomic E-state index is 0.0777. The normalized spacial score (nSPS) is 11.7. The zero-order valence-electron chi connectivity index (χ0n) is 17.1. The standard InChI is InChI=1S/C21H25N5O3/c1-15-22-23-24-26(15)20(13-16-7-5-9-18(11-16)28-3)21(27)25(2)14-17-8-6-10-19(12-17)29-4/h5-12,20H,13-14H2,1-4H3/t20-/m0/s1. The van der Waals surface area contributed by atoms with E-state index in [0.717, 1.165) is 22.6 Å². The van der Waals surface area contributed by atoms with Gasteiger partial charge in [-0.3, -0.25) is 4.79 Å². The molecule has 3 aromatic rings. The second kappa shape index (κ2) is 9.18. The topological polar surface area (TPSA) is 82.4 Å². The fraction of sp³-hybridized carbons (Fsp3) is 0.333. The van der Waals surface area contributed by atoms with Crippen molar-refractivity contribution in [1.29, 1.82) is 0 Å². The molecule has 0 aliphatic rings. The van der Waals surface area contributed by atoms with Crippen LogP contribution < -0.4 is 9.47 Å². The van der Waals surface area contributed by atoms with Gasteiger partial charge in [-0.15, -0.1) is 5.10 Å². The van der Waals surface area contributed by atoms with Crippen LogP contribution in [0.25, 0.3) is 0 Å². The minimum Gasteiger partial charge on any atom is -0.497 e. The van der Waals surface area contributed by atoms with E-state index in [0.29, 0.717) is 18.8 Å². The van der Waals surface area contributed by atoms with E-state index in [4.69, 9.17) is 9.47 Å². The first-order valence-corrected chi connectivity index (χ1v) is 9.27. The van der Waals surface area contributed by atoms with Crippen LogP contribution in [0.2, 0.25) is 0 Å². The van der Waals surface area contributed by atoms with Crippen LogP contribution >= 0.6 is 0 Å². The third kappa shape index (κ3) is 4.90.